The van der Waals surface area contributed by atoms with Gasteiger partial charge in [0.1, 0.15) is 0 Å². The number of hydrogen-bond donors (Lipinski definition) is 0. The summed E-state index contributed by atoms with van der Waals surface area (Å²) in [6.45, 7) is 1.14. The molecule has 0 fully saturated rings. The standard InChI is InChI=1S/C29H22F6N2O3S/c1-18-8-6-7-11-23(18)24-15-26(41(39,40)22-9-4-3-5-10-22)36-16-25(24)27(38)37(2)17-19-12-20(28(30,31)32)14-21(13-19)29(33,34)35/h3-16H,17H2,1-2H3. The predicted octanol–water partition coefficient (Wildman–Crippen LogP) is 7.20. The summed E-state index contributed by atoms with van der Waals surface area (Å²) in [5.74, 6) is -0.787. The van der Waals surface area contributed by atoms with Gasteiger partial charge in [-0.2, -0.15) is 26.3 Å². The second-order valence-corrected chi connectivity index (χ2v) is 11.2. The number of halogens is 6. The van der Waals surface area contributed by atoms with Gasteiger partial charge in [0.2, 0.25) is 9.84 Å². The third-order valence-corrected chi connectivity index (χ3v) is 7.95. The fourth-order valence-corrected chi connectivity index (χ4v) is 5.46. The molecule has 12 heteroatoms. The van der Waals surface area contributed by atoms with Crippen LogP contribution in [0.3, 0.4) is 0 Å². The normalized spacial score (nSPS) is 12.3. The summed E-state index contributed by atoms with van der Waals surface area (Å²) in [5.41, 5.74) is -2.11. The molecule has 1 aromatic heterocycles. The van der Waals surface area contributed by atoms with Crippen LogP contribution in [0.25, 0.3) is 11.1 Å². The van der Waals surface area contributed by atoms with Gasteiger partial charge in [0.15, 0.2) is 5.03 Å². The molecular weight excluding hydrogens is 570 g/mol. The van der Waals surface area contributed by atoms with E-state index in [2.05, 4.69) is 4.98 Å². The Bertz CT molecular complexity index is 1670. The second kappa shape index (κ2) is 11.0. The lowest BCUT2D eigenvalue weighted by Crippen LogP contribution is -2.27. The fraction of sp³-hybridized carbons (Fsp3) is 0.172. The van der Waals surface area contributed by atoms with Crippen molar-refractivity contribution in [3.05, 3.63) is 113 Å². The highest BCUT2D eigenvalue weighted by atomic mass is 32.2. The molecule has 0 spiro atoms. The van der Waals surface area contributed by atoms with E-state index in [9.17, 15) is 39.6 Å². The van der Waals surface area contributed by atoms with Crippen LogP contribution in [-0.2, 0) is 28.7 Å². The van der Waals surface area contributed by atoms with E-state index in [1.165, 1.54) is 25.2 Å². The first-order valence-corrected chi connectivity index (χ1v) is 13.5. The van der Waals surface area contributed by atoms with E-state index in [4.69, 9.17) is 0 Å². The minimum absolute atomic E-state index is 0.0113. The number of carbonyl (C=O) groups is 1. The Morgan fingerprint density at radius 2 is 1.37 bits per heavy atom. The minimum atomic E-state index is -5.04. The first kappa shape index (κ1) is 29.8. The van der Waals surface area contributed by atoms with Crippen LogP contribution in [0.1, 0.15) is 32.6 Å². The zero-order valence-electron chi connectivity index (χ0n) is 21.6. The lowest BCUT2D eigenvalue weighted by atomic mass is 9.97. The molecule has 0 aliphatic carbocycles. The van der Waals surface area contributed by atoms with Gasteiger partial charge in [-0.15, -0.1) is 0 Å². The lowest BCUT2D eigenvalue weighted by molar-refractivity contribution is -0.143. The smallest absolute Gasteiger partial charge is 0.337 e. The number of benzene rings is 3. The van der Waals surface area contributed by atoms with Gasteiger partial charge in [0.25, 0.3) is 5.91 Å². The first-order chi connectivity index (χ1) is 19.1. The molecular formula is C29H22F6N2O3S. The van der Waals surface area contributed by atoms with Crippen molar-refractivity contribution in [2.75, 3.05) is 7.05 Å². The van der Waals surface area contributed by atoms with Crippen molar-refractivity contribution in [1.82, 2.24) is 9.88 Å². The molecule has 5 nitrogen and oxygen atoms in total. The van der Waals surface area contributed by atoms with Crippen LogP contribution in [0.5, 0.6) is 0 Å². The van der Waals surface area contributed by atoms with E-state index in [0.29, 0.717) is 23.3 Å². The van der Waals surface area contributed by atoms with Gasteiger partial charge in [-0.1, -0.05) is 42.5 Å². The van der Waals surface area contributed by atoms with Gasteiger partial charge >= 0.3 is 12.4 Å². The van der Waals surface area contributed by atoms with E-state index in [1.54, 1.807) is 49.4 Å². The van der Waals surface area contributed by atoms with Crippen molar-refractivity contribution in [3.8, 4) is 11.1 Å². The van der Waals surface area contributed by atoms with Crippen molar-refractivity contribution < 1.29 is 39.6 Å². The van der Waals surface area contributed by atoms with Crippen molar-refractivity contribution in [2.45, 2.75) is 35.7 Å². The number of carbonyl (C=O) groups excluding carboxylic acids is 1. The van der Waals surface area contributed by atoms with E-state index in [1.807, 2.05) is 0 Å². The molecule has 4 aromatic rings. The van der Waals surface area contributed by atoms with Gasteiger partial charge in [0.05, 0.1) is 21.6 Å². The number of pyridine rings is 1. The molecule has 0 unspecified atom stereocenters. The SMILES string of the molecule is Cc1ccccc1-c1cc(S(=O)(=O)c2ccccc2)ncc1C(=O)N(C)Cc1cc(C(F)(F)F)cc(C(F)(F)F)c1. The molecule has 0 N–H and O–H groups in total. The van der Waals surface area contributed by atoms with E-state index in [-0.39, 0.29) is 27.1 Å². The maximum absolute atomic E-state index is 13.5. The van der Waals surface area contributed by atoms with Crippen molar-refractivity contribution in [2.24, 2.45) is 0 Å². The highest BCUT2D eigenvalue weighted by Crippen LogP contribution is 2.37. The average Bonchev–Trinajstić information content (AvgIpc) is 2.92. The highest BCUT2D eigenvalue weighted by molar-refractivity contribution is 7.91. The average molecular weight is 593 g/mol. The van der Waals surface area contributed by atoms with Crippen molar-refractivity contribution in [1.29, 1.82) is 0 Å². The quantitative estimate of drug-likeness (QED) is 0.222. The van der Waals surface area contributed by atoms with Crippen LogP contribution in [0, 0.1) is 6.92 Å². The summed E-state index contributed by atoms with van der Waals surface area (Å²) in [4.78, 5) is 18.5. The first-order valence-electron chi connectivity index (χ1n) is 12.0. The Morgan fingerprint density at radius 1 is 0.805 bits per heavy atom. The fourth-order valence-electron chi connectivity index (χ4n) is 4.23. The van der Waals surface area contributed by atoms with Crippen LogP contribution in [0.4, 0.5) is 26.3 Å². The Kier molecular flexibility index (Phi) is 7.99. The molecule has 0 saturated heterocycles. The number of alkyl halides is 6. The summed E-state index contributed by atoms with van der Waals surface area (Å²) in [7, 11) is -2.87. The maximum Gasteiger partial charge on any atom is 0.416 e. The molecule has 0 saturated carbocycles. The highest BCUT2D eigenvalue weighted by Gasteiger charge is 2.37. The number of hydrogen-bond acceptors (Lipinski definition) is 4. The van der Waals surface area contributed by atoms with Crippen LogP contribution < -0.4 is 0 Å². The zero-order chi connectivity index (χ0) is 30.2. The third-order valence-electron chi connectivity index (χ3n) is 6.29. The van der Waals surface area contributed by atoms with E-state index < -0.39 is 51.3 Å². The summed E-state index contributed by atoms with van der Waals surface area (Å²) in [6.07, 6.45) is -9.04. The number of amides is 1. The maximum atomic E-state index is 13.5. The zero-order valence-corrected chi connectivity index (χ0v) is 22.4. The summed E-state index contributed by atoms with van der Waals surface area (Å²) in [6, 6.07) is 16.7. The van der Waals surface area contributed by atoms with Crippen LogP contribution in [-0.4, -0.2) is 31.3 Å². The van der Waals surface area contributed by atoms with Crippen LogP contribution in [0.2, 0.25) is 0 Å². The largest absolute Gasteiger partial charge is 0.416 e. The number of sulfone groups is 1. The van der Waals surface area contributed by atoms with Crippen LogP contribution in [0.15, 0.2) is 95.0 Å². The Labute approximate surface area is 232 Å². The Morgan fingerprint density at radius 3 is 1.93 bits per heavy atom. The molecule has 3 aromatic carbocycles. The Balaban J connectivity index is 1.78. The number of rotatable bonds is 6. The lowest BCUT2D eigenvalue weighted by Gasteiger charge is -2.21. The summed E-state index contributed by atoms with van der Waals surface area (Å²) in [5, 5.41) is -0.339. The molecule has 0 atom stereocenters. The molecule has 0 aliphatic heterocycles. The third kappa shape index (κ3) is 6.43. The monoisotopic (exact) mass is 592 g/mol. The summed E-state index contributed by atoms with van der Waals surface area (Å²) < 4.78 is 106. The Hall–Kier alpha value is -4.19. The number of aromatic nitrogens is 1. The number of aryl methyl sites for hydroxylation is 1. The molecule has 1 heterocycles. The molecule has 0 radical (unpaired) electrons. The van der Waals surface area contributed by atoms with Crippen molar-refractivity contribution >= 4 is 15.7 Å². The van der Waals surface area contributed by atoms with E-state index >= 15 is 0 Å². The molecule has 0 bridgehead atoms. The van der Waals surface area contributed by atoms with Gasteiger partial charge < -0.3 is 4.90 Å². The van der Waals surface area contributed by atoms with Gasteiger partial charge in [-0.05, 0) is 65.6 Å². The van der Waals surface area contributed by atoms with E-state index in [0.717, 1.165) is 11.1 Å². The van der Waals surface area contributed by atoms with Gasteiger partial charge in [-0.3, -0.25) is 4.79 Å². The van der Waals surface area contributed by atoms with Crippen LogP contribution >= 0.6 is 0 Å². The van der Waals surface area contributed by atoms with Gasteiger partial charge in [-0.25, -0.2) is 13.4 Å². The summed E-state index contributed by atoms with van der Waals surface area (Å²) >= 11 is 0. The topological polar surface area (TPSA) is 67.3 Å². The second-order valence-electron chi connectivity index (χ2n) is 9.27. The van der Waals surface area contributed by atoms with Crippen molar-refractivity contribution in [3.63, 3.8) is 0 Å². The molecule has 41 heavy (non-hydrogen) atoms. The molecule has 4 rings (SSSR count). The van der Waals surface area contributed by atoms with Gasteiger partial charge in [0, 0.05) is 19.8 Å². The molecule has 0 aliphatic rings. The molecule has 1 amide bonds. The predicted molar refractivity (Wildman–Crippen MR) is 139 cm³/mol. The number of nitrogens with zero attached hydrogens (tertiary/aromatic N) is 2. The minimum Gasteiger partial charge on any atom is -0.337 e. The molecule has 214 valence electrons.